The summed E-state index contributed by atoms with van der Waals surface area (Å²) in [7, 11) is -3.48. The molecule has 1 aromatic carbocycles. The van der Waals surface area contributed by atoms with Crippen molar-refractivity contribution >= 4 is 50.5 Å². The van der Waals surface area contributed by atoms with E-state index < -0.39 is 10.0 Å². The molecule has 7 N–H and O–H groups in total. The van der Waals surface area contributed by atoms with E-state index in [-0.39, 0.29) is 18.3 Å². The molecule has 3 aromatic rings. The molecule has 3 heterocycles. The van der Waals surface area contributed by atoms with Crippen LogP contribution in [0.5, 0.6) is 0 Å². The number of hydrazine groups is 2. The van der Waals surface area contributed by atoms with Crippen LogP contribution in [0.2, 0.25) is 10.0 Å². The Labute approximate surface area is 189 Å². The second-order valence-corrected chi connectivity index (χ2v) is 9.89. The van der Waals surface area contributed by atoms with E-state index in [9.17, 15) is 8.42 Å². The molecule has 0 saturated carbocycles. The zero-order valence-electron chi connectivity index (χ0n) is 16.5. The number of aromatic nitrogens is 3. The van der Waals surface area contributed by atoms with Gasteiger partial charge in [-0.1, -0.05) is 29.3 Å². The van der Waals surface area contributed by atoms with Crippen LogP contribution in [0.3, 0.4) is 0 Å². The zero-order valence-corrected chi connectivity index (χ0v) is 18.8. The van der Waals surface area contributed by atoms with Crippen molar-refractivity contribution in [2.75, 3.05) is 12.3 Å². The van der Waals surface area contributed by atoms with Gasteiger partial charge in [-0.3, -0.25) is 10.1 Å². The van der Waals surface area contributed by atoms with Crippen molar-refractivity contribution in [1.82, 2.24) is 30.4 Å². The molecule has 1 aliphatic rings. The molecule has 2 aromatic heterocycles. The zero-order chi connectivity index (χ0) is 22.0. The monoisotopic (exact) mass is 485 g/mol. The van der Waals surface area contributed by atoms with Gasteiger partial charge in [0.05, 0.1) is 28.3 Å². The van der Waals surface area contributed by atoms with Gasteiger partial charge in [-0.25, -0.2) is 19.0 Å². The summed E-state index contributed by atoms with van der Waals surface area (Å²) in [6.45, 7) is 0.696. The Bertz CT molecular complexity index is 1210. The minimum atomic E-state index is -3.48. The van der Waals surface area contributed by atoms with Crippen LogP contribution in [-0.2, 0) is 23.0 Å². The number of nitrogens with zero attached hydrogens (tertiary/aromatic N) is 2. The number of fused-ring (bicyclic) bond motifs is 3. The first-order valence-corrected chi connectivity index (χ1v) is 12.1. The maximum absolute atomic E-state index is 12.5. The highest BCUT2D eigenvalue weighted by Crippen LogP contribution is 2.42. The summed E-state index contributed by atoms with van der Waals surface area (Å²) in [5, 5.41) is 8.81. The van der Waals surface area contributed by atoms with Gasteiger partial charge < -0.3 is 4.57 Å². The van der Waals surface area contributed by atoms with Crippen LogP contribution < -0.4 is 26.5 Å². The molecule has 0 bridgehead atoms. The minimum absolute atomic E-state index is 0.0710. The number of H-pyrrole nitrogens is 1. The maximum atomic E-state index is 12.5. The van der Waals surface area contributed by atoms with Gasteiger partial charge in [-0.05, 0) is 18.9 Å². The summed E-state index contributed by atoms with van der Waals surface area (Å²) in [4.78, 5) is 2.81. The van der Waals surface area contributed by atoms with Crippen LogP contribution in [0.15, 0.2) is 24.5 Å². The van der Waals surface area contributed by atoms with E-state index in [4.69, 9.17) is 29.0 Å². The van der Waals surface area contributed by atoms with Crippen LogP contribution in [-0.4, -0.2) is 47.9 Å². The van der Waals surface area contributed by atoms with Crippen molar-refractivity contribution in [2.45, 2.75) is 25.4 Å². The Morgan fingerprint density at radius 3 is 2.97 bits per heavy atom. The van der Waals surface area contributed by atoms with E-state index in [1.165, 1.54) is 6.34 Å². The molecule has 1 atom stereocenters. The molecule has 0 fully saturated rings. The predicted octanol–water partition coefficient (Wildman–Crippen LogP) is -0.351. The summed E-state index contributed by atoms with van der Waals surface area (Å²) < 4.78 is 29.9. The number of nitrogens with two attached hydrogens (primary N) is 1. The molecule has 0 amide bonds. The molecule has 0 aliphatic carbocycles. The number of halogens is 2. The normalized spacial score (nSPS) is 16.8. The highest BCUT2D eigenvalue weighted by atomic mass is 35.5. The first-order valence-electron chi connectivity index (χ1n) is 9.65. The number of hydrogen-bond acceptors (Lipinski definition) is 5. The van der Waals surface area contributed by atoms with Gasteiger partial charge in [0.15, 0.2) is 0 Å². The maximum Gasteiger partial charge on any atom is 0.249 e. The molecule has 1 aliphatic heterocycles. The van der Waals surface area contributed by atoms with Gasteiger partial charge in [0.2, 0.25) is 16.4 Å². The van der Waals surface area contributed by atoms with Crippen LogP contribution in [0, 0.1) is 0 Å². The largest absolute Gasteiger partial charge is 0.341 e. The summed E-state index contributed by atoms with van der Waals surface area (Å²) in [5.41, 5.74) is 8.62. The smallest absolute Gasteiger partial charge is 0.249 e. The third-order valence-electron chi connectivity index (χ3n) is 5.26. The first kappa shape index (κ1) is 22.1. The number of hydrogen-bond donors (Lipinski definition) is 6. The number of nitrogens with one attached hydrogen (secondary N) is 5. The average molecular weight is 486 g/mol. The fraction of sp³-hybridized carbons (Fsp3) is 0.333. The molecule has 0 spiro atoms. The summed E-state index contributed by atoms with van der Waals surface area (Å²) in [6.07, 6.45) is 6.40. The van der Waals surface area contributed by atoms with Crippen molar-refractivity contribution in [1.29, 1.82) is 0 Å². The van der Waals surface area contributed by atoms with Crippen LogP contribution in [0.25, 0.3) is 22.0 Å². The third kappa shape index (κ3) is 4.56. The van der Waals surface area contributed by atoms with Gasteiger partial charge >= 0.3 is 0 Å². The lowest BCUT2D eigenvalue weighted by atomic mass is 9.99. The van der Waals surface area contributed by atoms with Crippen molar-refractivity contribution in [3.05, 3.63) is 40.3 Å². The number of rotatable bonds is 8. The number of sulfonamides is 1. The Kier molecular flexibility index (Phi) is 6.51. The summed E-state index contributed by atoms with van der Waals surface area (Å²) in [5.74, 6) is 4.99. The van der Waals surface area contributed by atoms with Crippen molar-refractivity contribution in [3.63, 3.8) is 0 Å². The molecule has 10 nitrogen and oxygen atoms in total. The predicted molar refractivity (Wildman–Crippen MR) is 121 cm³/mol. The molecule has 0 saturated heterocycles. The van der Waals surface area contributed by atoms with Gasteiger partial charge in [0, 0.05) is 41.0 Å². The fourth-order valence-corrected chi connectivity index (χ4v) is 5.62. The Morgan fingerprint density at radius 1 is 1.39 bits per heavy atom. The van der Waals surface area contributed by atoms with E-state index in [0.29, 0.717) is 29.4 Å². The molecule has 4 rings (SSSR count). The number of benzene rings is 1. The highest BCUT2D eigenvalue weighted by Gasteiger charge is 2.29. The van der Waals surface area contributed by atoms with Gasteiger partial charge in [-0.15, -0.1) is 5.53 Å². The quantitative estimate of drug-likeness (QED) is 0.111. The van der Waals surface area contributed by atoms with E-state index in [1.54, 1.807) is 12.3 Å². The van der Waals surface area contributed by atoms with E-state index in [2.05, 4.69) is 35.4 Å². The Morgan fingerprint density at radius 2 is 2.23 bits per heavy atom. The molecule has 0 radical (unpaired) electrons. The van der Waals surface area contributed by atoms with Crippen LogP contribution in [0.4, 0.5) is 0 Å². The lowest BCUT2D eigenvalue weighted by Crippen LogP contribution is -2.74. The fourth-order valence-electron chi connectivity index (χ4n) is 3.99. The topological polar surface area (TPSA) is 144 Å². The molecule has 1 unspecified atom stereocenters. The molecule has 166 valence electrons. The standard InChI is InChI=1S/C18H22Cl2N8O2S/c19-14-3-2-13-16(11-7-23-24-8-11)15-4-1-12(9-28(15)18(13)17(14)20)26-31(29,30)6-5-22-10-25-27-21/h2-3,7-8,10,12,26-27H,1,4-6,9,21H2,(H,22,25)(H,23,24)/p+1. The highest BCUT2D eigenvalue weighted by molar-refractivity contribution is 7.89. The van der Waals surface area contributed by atoms with Gasteiger partial charge in [-0.2, -0.15) is 10.5 Å². The summed E-state index contributed by atoms with van der Waals surface area (Å²) >= 11 is 12.9. The number of aromatic amines is 1. The SMILES string of the molecule is NNNC=[NH+]CCS(=O)(=O)NC1CCc2c(-c3cn[nH]c3)c3ccc(Cl)c(Cl)c3n2C1. The summed E-state index contributed by atoms with van der Waals surface area (Å²) in [6, 6.07) is 3.47. The molecular weight excluding hydrogens is 463 g/mol. The lowest BCUT2D eigenvalue weighted by molar-refractivity contribution is -0.448. The average Bonchev–Trinajstić information content (AvgIpc) is 3.36. The van der Waals surface area contributed by atoms with E-state index >= 15 is 0 Å². The van der Waals surface area contributed by atoms with E-state index in [1.807, 2.05) is 12.3 Å². The van der Waals surface area contributed by atoms with E-state index in [0.717, 1.165) is 27.7 Å². The van der Waals surface area contributed by atoms with Crippen molar-refractivity contribution in [2.24, 2.45) is 5.84 Å². The third-order valence-corrected chi connectivity index (χ3v) is 7.49. The second-order valence-electron chi connectivity index (χ2n) is 7.24. The first-order chi connectivity index (χ1) is 14.9. The molecule has 13 heteroatoms. The van der Waals surface area contributed by atoms with Crippen LogP contribution in [0.1, 0.15) is 12.1 Å². The second kappa shape index (κ2) is 9.15. The van der Waals surface area contributed by atoms with Crippen molar-refractivity contribution < 1.29 is 13.4 Å². The van der Waals surface area contributed by atoms with Crippen molar-refractivity contribution in [3.8, 4) is 11.1 Å². The minimum Gasteiger partial charge on any atom is -0.341 e. The van der Waals surface area contributed by atoms with Gasteiger partial charge in [0.1, 0.15) is 5.75 Å². The lowest BCUT2D eigenvalue weighted by Gasteiger charge is -2.26. The molecular formula is C18H23Cl2N8O2S+. The Balaban J connectivity index is 1.62. The Hall–Kier alpha value is -2.15. The van der Waals surface area contributed by atoms with Crippen LogP contribution >= 0.6 is 23.2 Å². The van der Waals surface area contributed by atoms with Gasteiger partial charge in [0.25, 0.3) is 0 Å². The molecule has 31 heavy (non-hydrogen) atoms.